The quantitative estimate of drug-likeness (QED) is 0.712. The van der Waals surface area contributed by atoms with Crippen molar-refractivity contribution >= 4 is 16.6 Å². The Morgan fingerprint density at radius 3 is 2.74 bits per heavy atom. The van der Waals surface area contributed by atoms with E-state index in [0.29, 0.717) is 11.6 Å². The van der Waals surface area contributed by atoms with Crippen molar-refractivity contribution in [1.82, 2.24) is 14.8 Å². The van der Waals surface area contributed by atoms with E-state index in [4.69, 9.17) is 10.5 Å². The van der Waals surface area contributed by atoms with E-state index in [1.54, 1.807) is 13.3 Å². The van der Waals surface area contributed by atoms with E-state index in [9.17, 15) is 0 Å². The summed E-state index contributed by atoms with van der Waals surface area (Å²) < 4.78 is 6.88. The Bertz CT molecular complexity index is 731. The van der Waals surface area contributed by atoms with Crippen LogP contribution in [0.5, 0.6) is 5.88 Å². The lowest BCUT2D eigenvalue weighted by atomic mass is 10.0. The molecular formula is C14H14N4O. The first kappa shape index (κ1) is 11.5. The molecule has 0 unspecified atom stereocenters. The molecule has 0 saturated carbocycles. The summed E-state index contributed by atoms with van der Waals surface area (Å²) in [6.07, 6.45) is 3.56. The third-order valence-electron chi connectivity index (χ3n) is 3.17. The van der Waals surface area contributed by atoms with E-state index in [1.807, 2.05) is 42.2 Å². The zero-order chi connectivity index (χ0) is 13.4. The molecule has 0 radical (unpaired) electrons. The molecule has 19 heavy (non-hydrogen) atoms. The number of nitrogen functional groups attached to an aromatic ring is 1. The number of hydrogen-bond donors (Lipinski definition) is 1. The monoisotopic (exact) mass is 254 g/mol. The average Bonchev–Trinajstić information content (AvgIpc) is 2.79. The maximum absolute atomic E-state index is 6.10. The van der Waals surface area contributed by atoms with Crippen LogP contribution in [0.2, 0.25) is 0 Å². The lowest BCUT2D eigenvalue weighted by molar-refractivity contribution is 0.398. The van der Waals surface area contributed by atoms with Gasteiger partial charge in [-0.3, -0.25) is 4.68 Å². The second-order valence-corrected chi connectivity index (χ2v) is 4.36. The van der Waals surface area contributed by atoms with Gasteiger partial charge in [-0.15, -0.1) is 0 Å². The van der Waals surface area contributed by atoms with Crippen LogP contribution >= 0.6 is 0 Å². The molecule has 5 heteroatoms. The standard InChI is InChI=1S/C14H14N4O/c1-18-13-6-11(12(15)5-10(13)8-17-18)9-3-4-14(19-2)16-7-9/h3-8H,15H2,1-2H3. The molecule has 96 valence electrons. The number of ether oxygens (including phenoxy) is 1. The summed E-state index contributed by atoms with van der Waals surface area (Å²) in [5, 5.41) is 5.26. The molecule has 0 aliphatic rings. The molecule has 0 fully saturated rings. The van der Waals surface area contributed by atoms with Crippen LogP contribution < -0.4 is 10.5 Å². The Hall–Kier alpha value is -2.56. The Morgan fingerprint density at radius 1 is 1.21 bits per heavy atom. The smallest absolute Gasteiger partial charge is 0.212 e. The van der Waals surface area contributed by atoms with Gasteiger partial charge in [-0.25, -0.2) is 4.98 Å². The molecule has 3 rings (SSSR count). The third kappa shape index (κ3) is 1.89. The number of rotatable bonds is 2. The van der Waals surface area contributed by atoms with Crippen LogP contribution in [0.15, 0.2) is 36.7 Å². The Kier molecular flexibility index (Phi) is 2.59. The van der Waals surface area contributed by atoms with Gasteiger partial charge in [0.1, 0.15) is 0 Å². The number of nitrogens with zero attached hydrogens (tertiary/aromatic N) is 3. The number of nitrogens with two attached hydrogens (primary N) is 1. The Labute approximate surface area is 110 Å². The molecule has 0 amide bonds. The fourth-order valence-electron chi connectivity index (χ4n) is 2.13. The molecular weight excluding hydrogens is 240 g/mol. The van der Waals surface area contributed by atoms with Gasteiger partial charge in [0.05, 0.1) is 18.8 Å². The van der Waals surface area contributed by atoms with Crippen molar-refractivity contribution in [3.05, 3.63) is 36.7 Å². The van der Waals surface area contributed by atoms with E-state index in [2.05, 4.69) is 10.1 Å². The SMILES string of the molecule is COc1ccc(-c2cc3c(cnn3C)cc2N)cn1. The highest BCUT2D eigenvalue weighted by atomic mass is 16.5. The van der Waals surface area contributed by atoms with E-state index < -0.39 is 0 Å². The van der Waals surface area contributed by atoms with Crippen LogP contribution in [0, 0.1) is 0 Å². The number of benzene rings is 1. The summed E-state index contributed by atoms with van der Waals surface area (Å²) in [5.74, 6) is 0.587. The molecule has 0 aliphatic heterocycles. The average molecular weight is 254 g/mol. The normalized spacial score (nSPS) is 10.8. The van der Waals surface area contributed by atoms with Crippen LogP contribution in [0.1, 0.15) is 0 Å². The lowest BCUT2D eigenvalue weighted by Gasteiger charge is -2.07. The van der Waals surface area contributed by atoms with Crippen molar-refractivity contribution in [2.24, 2.45) is 7.05 Å². The molecule has 2 heterocycles. The zero-order valence-corrected chi connectivity index (χ0v) is 10.8. The fraction of sp³-hybridized carbons (Fsp3) is 0.143. The first-order valence-corrected chi connectivity index (χ1v) is 5.90. The zero-order valence-electron chi connectivity index (χ0n) is 10.8. The van der Waals surface area contributed by atoms with E-state index in [0.717, 1.165) is 22.0 Å². The Balaban J connectivity index is 2.17. The summed E-state index contributed by atoms with van der Waals surface area (Å²) in [6, 6.07) is 7.73. The van der Waals surface area contributed by atoms with Gasteiger partial charge in [0.15, 0.2) is 0 Å². The summed E-state index contributed by atoms with van der Waals surface area (Å²) in [5.41, 5.74) is 9.77. The highest BCUT2D eigenvalue weighted by Gasteiger charge is 2.08. The molecule has 0 atom stereocenters. The lowest BCUT2D eigenvalue weighted by Crippen LogP contribution is -1.94. The van der Waals surface area contributed by atoms with Crippen molar-refractivity contribution in [2.75, 3.05) is 12.8 Å². The summed E-state index contributed by atoms with van der Waals surface area (Å²) >= 11 is 0. The molecule has 3 aromatic rings. The van der Waals surface area contributed by atoms with Crippen molar-refractivity contribution in [2.45, 2.75) is 0 Å². The van der Waals surface area contributed by atoms with Crippen LogP contribution in [-0.2, 0) is 7.05 Å². The number of hydrogen-bond acceptors (Lipinski definition) is 4. The van der Waals surface area contributed by atoms with Gasteiger partial charge in [-0.2, -0.15) is 5.10 Å². The van der Waals surface area contributed by atoms with Crippen LogP contribution in [0.25, 0.3) is 22.0 Å². The fourth-order valence-corrected chi connectivity index (χ4v) is 2.13. The number of aromatic nitrogens is 3. The first-order valence-electron chi connectivity index (χ1n) is 5.90. The van der Waals surface area contributed by atoms with E-state index in [1.165, 1.54) is 0 Å². The maximum Gasteiger partial charge on any atom is 0.212 e. The second kappa shape index (κ2) is 4.28. The van der Waals surface area contributed by atoms with Gasteiger partial charge in [0.2, 0.25) is 5.88 Å². The van der Waals surface area contributed by atoms with Crippen molar-refractivity contribution in [1.29, 1.82) is 0 Å². The summed E-state index contributed by atoms with van der Waals surface area (Å²) in [7, 11) is 3.51. The predicted octanol–water partition coefficient (Wildman–Crippen LogP) is 2.23. The largest absolute Gasteiger partial charge is 0.481 e. The summed E-state index contributed by atoms with van der Waals surface area (Å²) in [4.78, 5) is 4.20. The van der Waals surface area contributed by atoms with Gasteiger partial charge in [-0.1, -0.05) is 0 Å². The number of fused-ring (bicyclic) bond motifs is 1. The van der Waals surface area contributed by atoms with Crippen LogP contribution in [0.3, 0.4) is 0 Å². The molecule has 0 saturated heterocycles. The van der Waals surface area contributed by atoms with Crippen molar-refractivity contribution in [3.63, 3.8) is 0 Å². The van der Waals surface area contributed by atoms with Crippen LogP contribution in [0.4, 0.5) is 5.69 Å². The number of aryl methyl sites for hydroxylation is 1. The third-order valence-corrected chi connectivity index (χ3v) is 3.17. The highest BCUT2D eigenvalue weighted by Crippen LogP contribution is 2.30. The van der Waals surface area contributed by atoms with Gasteiger partial charge < -0.3 is 10.5 Å². The first-order chi connectivity index (χ1) is 9.19. The van der Waals surface area contributed by atoms with Gasteiger partial charge >= 0.3 is 0 Å². The number of methoxy groups -OCH3 is 1. The topological polar surface area (TPSA) is 66.0 Å². The van der Waals surface area contributed by atoms with Crippen molar-refractivity contribution < 1.29 is 4.74 Å². The summed E-state index contributed by atoms with van der Waals surface area (Å²) in [6.45, 7) is 0. The maximum atomic E-state index is 6.10. The second-order valence-electron chi connectivity index (χ2n) is 4.36. The molecule has 0 bridgehead atoms. The molecule has 1 aromatic carbocycles. The number of pyridine rings is 1. The van der Waals surface area contributed by atoms with Gasteiger partial charge in [-0.05, 0) is 18.2 Å². The minimum Gasteiger partial charge on any atom is -0.481 e. The van der Waals surface area contributed by atoms with E-state index in [-0.39, 0.29) is 0 Å². The Morgan fingerprint density at radius 2 is 2.05 bits per heavy atom. The minimum atomic E-state index is 0.587. The van der Waals surface area contributed by atoms with Gasteiger partial charge in [0.25, 0.3) is 0 Å². The molecule has 0 spiro atoms. The molecule has 0 aliphatic carbocycles. The molecule has 5 nitrogen and oxygen atoms in total. The van der Waals surface area contributed by atoms with E-state index >= 15 is 0 Å². The number of anilines is 1. The van der Waals surface area contributed by atoms with Crippen molar-refractivity contribution in [3.8, 4) is 17.0 Å². The predicted molar refractivity (Wildman–Crippen MR) is 74.9 cm³/mol. The molecule has 2 N–H and O–H groups in total. The highest BCUT2D eigenvalue weighted by molar-refractivity contribution is 5.91. The van der Waals surface area contributed by atoms with Crippen LogP contribution in [-0.4, -0.2) is 21.9 Å². The minimum absolute atomic E-state index is 0.587. The van der Waals surface area contributed by atoms with Gasteiger partial charge in [0, 0.05) is 41.5 Å². The molecule has 2 aromatic heterocycles.